The summed E-state index contributed by atoms with van der Waals surface area (Å²) < 4.78 is 19.1. The third-order valence-corrected chi connectivity index (χ3v) is 4.19. The van der Waals surface area contributed by atoms with Crippen LogP contribution in [0.3, 0.4) is 0 Å². The highest BCUT2D eigenvalue weighted by molar-refractivity contribution is 9.10. The van der Waals surface area contributed by atoms with E-state index in [2.05, 4.69) is 15.9 Å². The fraction of sp³-hybridized carbons (Fsp3) is 0.500. The molecule has 1 aliphatic rings. The zero-order valence-electron chi connectivity index (χ0n) is 8.76. The van der Waals surface area contributed by atoms with Gasteiger partial charge < -0.3 is 4.74 Å². The van der Waals surface area contributed by atoms with Gasteiger partial charge in [0.1, 0.15) is 5.82 Å². The van der Waals surface area contributed by atoms with Crippen molar-refractivity contribution >= 4 is 27.5 Å². The highest BCUT2D eigenvalue weighted by Gasteiger charge is 2.24. The van der Waals surface area contributed by atoms with Crippen molar-refractivity contribution in [2.75, 3.05) is 13.2 Å². The average molecular weight is 308 g/mol. The summed E-state index contributed by atoms with van der Waals surface area (Å²) in [4.78, 5) is 0. The van der Waals surface area contributed by atoms with Crippen LogP contribution in [0, 0.1) is 11.7 Å². The van der Waals surface area contributed by atoms with Crippen LogP contribution in [-0.2, 0) is 11.2 Å². The molecule has 1 fully saturated rings. The van der Waals surface area contributed by atoms with Gasteiger partial charge in [-0.25, -0.2) is 4.39 Å². The average Bonchev–Trinajstić information content (AvgIpc) is 2.25. The van der Waals surface area contributed by atoms with Gasteiger partial charge in [0.05, 0.1) is 6.61 Å². The molecule has 1 nitrogen and oxygen atoms in total. The van der Waals surface area contributed by atoms with E-state index in [1.807, 2.05) is 0 Å². The monoisotopic (exact) mass is 306 g/mol. The van der Waals surface area contributed by atoms with Gasteiger partial charge in [-0.3, -0.25) is 0 Å². The Morgan fingerprint density at radius 3 is 3.00 bits per heavy atom. The molecular formula is C12H13BrClFO. The summed E-state index contributed by atoms with van der Waals surface area (Å²) in [5.41, 5.74) is 1.09. The predicted molar refractivity (Wildman–Crippen MR) is 66.4 cm³/mol. The molecule has 2 rings (SSSR count). The van der Waals surface area contributed by atoms with Gasteiger partial charge in [-0.1, -0.05) is 22.0 Å². The largest absolute Gasteiger partial charge is 0.381 e. The molecule has 88 valence electrons. The Morgan fingerprint density at radius 1 is 1.50 bits per heavy atom. The Hall–Kier alpha value is -0.120. The molecule has 2 atom stereocenters. The maximum absolute atomic E-state index is 12.9. The standard InChI is InChI=1S/C12H13BrClFO/c13-11-6-10(15)2-1-8(11)5-9-7-16-4-3-12(9)14/h1-2,6,9,12H,3-5,7H2. The predicted octanol–water partition coefficient (Wildman–Crippen LogP) is 3.77. The Kier molecular flexibility index (Phi) is 4.22. The minimum atomic E-state index is -0.224. The van der Waals surface area contributed by atoms with Gasteiger partial charge in [0.15, 0.2) is 0 Å². The number of ether oxygens (including phenoxy) is 1. The fourth-order valence-electron chi connectivity index (χ4n) is 1.93. The number of rotatable bonds is 2. The van der Waals surface area contributed by atoms with Crippen LogP contribution in [0.2, 0.25) is 0 Å². The zero-order valence-corrected chi connectivity index (χ0v) is 11.1. The molecule has 0 saturated carbocycles. The molecule has 2 unspecified atom stereocenters. The van der Waals surface area contributed by atoms with Crippen molar-refractivity contribution in [3.63, 3.8) is 0 Å². The Bertz CT molecular complexity index is 372. The Labute approximate surface area is 108 Å². The van der Waals surface area contributed by atoms with Crippen LogP contribution < -0.4 is 0 Å². The molecule has 1 aromatic carbocycles. The van der Waals surface area contributed by atoms with E-state index in [1.54, 1.807) is 6.07 Å². The molecule has 0 spiro atoms. The summed E-state index contributed by atoms with van der Waals surface area (Å²) in [5.74, 6) is 0.0927. The van der Waals surface area contributed by atoms with Crippen LogP contribution in [-0.4, -0.2) is 18.6 Å². The van der Waals surface area contributed by atoms with Gasteiger partial charge in [-0.2, -0.15) is 0 Å². The quantitative estimate of drug-likeness (QED) is 0.756. The first-order valence-electron chi connectivity index (χ1n) is 5.32. The summed E-state index contributed by atoms with van der Waals surface area (Å²) in [6.45, 7) is 1.44. The van der Waals surface area contributed by atoms with Crippen LogP contribution in [0.5, 0.6) is 0 Å². The molecule has 0 amide bonds. The molecule has 0 aromatic heterocycles. The first kappa shape index (κ1) is 12.3. The normalized spacial score (nSPS) is 25.7. The fourth-order valence-corrected chi connectivity index (χ4v) is 2.69. The van der Waals surface area contributed by atoms with Crippen LogP contribution >= 0.6 is 27.5 Å². The molecule has 0 radical (unpaired) electrons. The second-order valence-corrected chi connectivity index (χ2v) is 5.49. The summed E-state index contributed by atoms with van der Waals surface area (Å²) in [6.07, 6.45) is 1.72. The number of benzene rings is 1. The summed E-state index contributed by atoms with van der Waals surface area (Å²) >= 11 is 9.62. The second-order valence-electron chi connectivity index (χ2n) is 4.08. The maximum atomic E-state index is 12.9. The lowest BCUT2D eigenvalue weighted by Crippen LogP contribution is -2.29. The Balaban J connectivity index is 2.07. The third kappa shape index (κ3) is 2.96. The first-order valence-corrected chi connectivity index (χ1v) is 6.55. The summed E-state index contributed by atoms with van der Waals surface area (Å²) in [6, 6.07) is 4.77. The first-order chi connectivity index (χ1) is 7.66. The number of alkyl halides is 1. The molecule has 1 saturated heterocycles. The van der Waals surface area contributed by atoms with E-state index in [-0.39, 0.29) is 11.2 Å². The lowest BCUT2D eigenvalue weighted by atomic mass is 9.94. The van der Waals surface area contributed by atoms with E-state index < -0.39 is 0 Å². The summed E-state index contributed by atoms with van der Waals surface area (Å²) in [5, 5.41) is 0.158. The van der Waals surface area contributed by atoms with Crippen LogP contribution in [0.25, 0.3) is 0 Å². The lowest BCUT2D eigenvalue weighted by molar-refractivity contribution is 0.0577. The Morgan fingerprint density at radius 2 is 2.31 bits per heavy atom. The van der Waals surface area contributed by atoms with E-state index in [0.29, 0.717) is 12.5 Å². The van der Waals surface area contributed by atoms with Gasteiger partial charge >= 0.3 is 0 Å². The number of halogens is 3. The third-order valence-electron chi connectivity index (χ3n) is 2.88. The van der Waals surface area contributed by atoms with Crippen molar-refractivity contribution < 1.29 is 9.13 Å². The van der Waals surface area contributed by atoms with E-state index in [4.69, 9.17) is 16.3 Å². The van der Waals surface area contributed by atoms with E-state index in [1.165, 1.54) is 12.1 Å². The molecular weight excluding hydrogens is 294 g/mol. The van der Waals surface area contributed by atoms with Gasteiger partial charge in [-0.15, -0.1) is 11.6 Å². The van der Waals surface area contributed by atoms with Crippen molar-refractivity contribution in [2.24, 2.45) is 5.92 Å². The molecule has 1 aliphatic heterocycles. The number of hydrogen-bond donors (Lipinski definition) is 0. The molecule has 0 aliphatic carbocycles. The van der Waals surface area contributed by atoms with E-state index in [0.717, 1.165) is 29.5 Å². The van der Waals surface area contributed by atoms with Gasteiger partial charge in [0.25, 0.3) is 0 Å². The minimum absolute atomic E-state index is 0.158. The molecule has 1 heterocycles. The van der Waals surface area contributed by atoms with E-state index >= 15 is 0 Å². The van der Waals surface area contributed by atoms with Gasteiger partial charge in [-0.05, 0) is 30.5 Å². The topological polar surface area (TPSA) is 9.23 Å². The van der Waals surface area contributed by atoms with Crippen molar-refractivity contribution in [1.29, 1.82) is 0 Å². The van der Waals surface area contributed by atoms with Gasteiger partial charge in [0.2, 0.25) is 0 Å². The minimum Gasteiger partial charge on any atom is -0.381 e. The molecule has 1 aromatic rings. The van der Waals surface area contributed by atoms with Crippen LogP contribution in [0.1, 0.15) is 12.0 Å². The highest BCUT2D eigenvalue weighted by Crippen LogP contribution is 2.27. The molecule has 0 N–H and O–H groups in total. The van der Waals surface area contributed by atoms with E-state index in [9.17, 15) is 4.39 Å². The highest BCUT2D eigenvalue weighted by atomic mass is 79.9. The zero-order chi connectivity index (χ0) is 11.5. The SMILES string of the molecule is Fc1ccc(CC2COCCC2Cl)c(Br)c1. The van der Waals surface area contributed by atoms with Crippen LogP contribution in [0.4, 0.5) is 4.39 Å². The summed E-state index contributed by atoms with van der Waals surface area (Å²) in [7, 11) is 0. The maximum Gasteiger partial charge on any atom is 0.124 e. The van der Waals surface area contributed by atoms with Crippen molar-refractivity contribution in [3.05, 3.63) is 34.1 Å². The van der Waals surface area contributed by atoms with Crippen molar-refractivity contribution in [2.45, 2.75) is 18.2 Å². The number of hydrogen-bond acceptors (Lipinski definition) is 1. The molecule has 16 heavy (non-hydrogen) atoms. The van der Waals surface area contributed by atoms with Crippen LogP contribution in [0.15, 0.2) is 22.7 Å². The van der Waals surface area contributed by atoms with Crippen molar-refractivity contribution in [3.8, 4) is 0 Å². The van der Waals surface area contributed by atoms with Gasteiger partial charge in [0, 0.05) is 22.4 Å². The molecule has 4 heteroatoms. The lowest BCUT2D eigenvalue weighted by Gasteiger charge is -2.27. The second kappa shape index (κ2) is 5.48. The van der Waals surface area contributed by atoms with Crippen molar-refractivity contribution in [1.82, 2.24) is 0 Å². The smallest absolute Gasteiger partial charge is 0.124 e. The molecule has 0 bridgehead atoms.